The molecule has 0 heterocycles. The molecule has 94 valence electrons. The molecule has 2 nitrogen and oxygen atoms in total. The zero-order valence-electron chi connectivity index (χ0n) is 11.3. The summed E-state index contributed by atoms with van der Waals surface area (Å²) in [6.07, 6.45) is 5.81. The predicted molar refractivity (Wildman–Crippen MR) is 68.2 cm³/mol. The molecular weight excluding hydrogens is 198 g/mol. The minimum atomic E-state index is 0.238. The summed E-state index contributed by atoms with van der Waals surface area (Å²) in [4.78, 5) is 11.5. The zero-order chi connectivity index (χ0) is 12.2. The number of carbonyl (C=O) groups is 1. The highest BCUT2D eigenvalue weighted by Gasteiger charge is 2.30. The molecule has 0 saturated heterocycles. The quantitative estimate of drug-likeness (QED) is 0.784. The monoisotopic (exact) mass is 225 g/mol. The van der Waals surface area contributed by atoms with E-state index >= 15 is 0 Å². The molecule has 2 heteroatoms. The van der Waals surface area contributed by atoms with Gasteiger partial charge in [-0.25, -0.2) is 0 Å². The average Bonchev–Trinajstić information content (AvgIpc) is 2.17. The van der Waals surface area contributed by atoms with Crippen molar-refractivity contribution in [3.63, 3.8) is 0 Å². The van der Waals surface area contributed by atoms with Crippen LogP contribution in [0.5, 0.6) is 0 Å². The summed E-state index contributed by atoms with van der Waals surface area (Å²) in [5, 5.41) is 2.90. The van der Waals surface area contributed by atoms with Crippen molar-refractivity contribution in [3.8, 4) is 0 Å². The van der Waals surface area contributed by atoms with Crippen molar-refractivity contribution in [3.05, 3.63) is 0 Å². The van der Waals surface area contributed by atoms with Crippen molar-refractivity contribution in [1.82, 2.24) is 5.32 Å². The molecule has 0 aromatic carbocycles. The maximum Gasteiger partial charge on any atom is 0.220 e. The Hall–Kier alpha value is -0.530. The summed E-state index contributed by atoms with van der Waals surface area (Å²) in [6.45, 7) is 9.75. The summed E-state index contributed by atoms with van der Waals surface area (Å²) in [5.41, 5.74) is 0.441. The molecule has 16 heavy (non-hydrogen) atoms. The molecule has 1 rings (SSSR count). The lowest BCUT2D eigenvalue weighted by atomic mass is 9.69. The van der Waals surface area contributed by atoms with E-state index in [4.69, 9.17) is 0 Å². The highest BCUT2D eigenvalue weighted by Crippen LogP contribution is 2.40. The maximum atomic E-state index is 11.5. The van der Waals surface area contributed by atoms with E-state index in [9.17, 15) is 4.79 Å². The highest BCUT2D eigenvalue weighted by molar-refractivity contribution is 5.76. The number of hydrogen-bond acceptors (Lipinski definition) is 1. The number of carbonyl (C=O) groups excluding carboxylic acids is 1. The van der Waals surface area contributed by atoms with Crippen LogP contribution in [0.2, 0.25) is 0 Å². The first-order valence-electron chi connectivity index (χ1n) is 6.70. The summed E-state index contributed by atoms with van der Waals surface area (Å²) < 4.78 is 0. The second-order valence-electron chi connectivity index (χ2n) is 6.24. The first kappa shape index (κ1) is 13.5. The molecule has 0 radical (unpaired) electrons. The van der Waals surface area contributed by atoms with E-state index in [2.05, 4.69) is 26.1 Å². The van der Waals surface area contributed by atoms with Gasteiger partial charge in [0.05, 0.1) is 0 Å². The van der Waals surface area contributed by atoms with Crippen molar-refractivity contribution in [2.75, 3.05) is 6.54 Å². The van der Waals surface area contributed by atoms with Crippen molar-refractivity contribution in [1.29, 1.82) is 0 Å². The van der Waals surface area contributed by atoms with Gasteiger partial charge in [0.15, 0.2) is 0 Å². The van der Waals surface area contributed by atoms with Gasteiger partial charge in [0.1, 0.15) is 0 Å². The smallest absolute Gasteiger partial charge is 0.220 e. The van der Waals surface area contributed by atoms with Gasteiger partial charge in [-0.1, -0.05) is 20.8 Å². The summed E-state index contributed by atoms with van der Waals surface area (Å²) in [5.74, 6) is 1.71. The molecule has 1 aliphatic rings. The van der Waals surface area contributed by atoms with Gasteiger partial charge in [0.2, 0.25) is 5.91 Å². The van der Waals surface area contributed by atoms with Crippen LogP contribution in [0.4, 0.5) is 0 Å². The van der Waals surface area contributed by atoms with Crippen molar-refractivity contribution in [2.24, 2.45) is 17.3 Å². The van der Waals surface area contributed by atoms with Crippen LogP contribution in [-0.4, -0.2) is 12.5 Å². The Balaban J connectivity index is 2.30. The number of nitrogens with one attached hydrogen (secondary N) is 1. The van der Waals surface area contributed by atoms with E-state index in [0.717, 1.165) is 18.9 Å². The Morgan fingerprint density at radius 1 is 1.19 bits per heavy atom. The van der Waals surface area contributed by atoms with Crippen LogP contribution in [0.15, 0.2) is 0 Å². The van der Waals surface area contributed by atoms with Gasteiger partial charge < -0.3 is 5.32 Å². The molecule has 1 N–H and O–H groups in total. The first-order chi connectivity index (χ1) is 7.43. The van der Waals surface area contributed by atoms with Gasteiger partial charge in [-0.05, 0) is 49.9 Å². The fourth-order valence-electron chi connectivity index (χ4n) is 2.76. The van der Waals surface area contributed by atoms with Crippen LogP contribution in [0.1, 0.15) is 59.8 Å². The Morgan fingerprint density at radius 2 is 1.75 bits per heavy atom. The number of amides is 1. The number of rotatable bonds is 3. The van der Waals surface area contributed by atoms with E-state index in [1.807, 2.05) is 6.92 Å². The van der Waals surface area contributed by atoms with E-state index in [1.54, 1.807) is 0 Å². The first-order valence-corrected chi connectivity index (χ1v) is 6.70. The Morgan fingerprint density at radius 3 is 2.19 bits per heavy atom. The molecule has 1 saturated carbocycles. The normalized spacial score (nSPS) is 26.5. The minimum Gasteiger partial charge on any atom is -0.356 e. The van der Waals surface area contributed by atoms with E-state index < -0.39 is 0 Å². The molecule has 0 atom stereocenters. The van der Waals surface area contributed by atoms with Gasteiger partial charge in [0, 0.05) is 13.0 Å². The predicted octanol–water partition coefficient (Wildman–Crippen LogP) is 3.37. The largest absolute Gasteiger partial charge is 0.356 e. The topological polar surface area (TPSA) is 29.1 Å². The van der Waals surface area contributed by atoms with Crippen LogP contribution >= 0.6 is 0 Å². The molecule has 1 amide bonds. The lowest BCUT2D eigenvalue weighted by Gasteiger charge is -2.36. The van der Waals surface area contributed by atoms with E-state index in [-0.39, 0.29) is 5.91 Å². The molecule has 0 spiro atoms. The van der Waals surface area contributed by atoms with Gasteiger partial charge in [0.25, 0.3) is 0 Å². The third-order valence-electron chi connectivity index (χ3n) is 3.92. The van der Waals surface area contributed by atoms with Crippen molar-refractivity contribution < 1.29 is 4.79 Å². The second kappa shape index (κ2) is 5.70. The SMILES string of the molecule is CCNC(=O)CC1CCC(C(C)(C)C)CC1. The standard InChI is InChI=1S/C14H27NO/c1-5-15-13(16)10-11-6-8-12(9-7-11)14(2,3)4/h11-12H,5-10H2,1-4H3,(H,15,16). The van der Waals surface area contributed by atoms with Gasteiger partial charge >= 0.3 is 0 Å². The highest BCUT2D eigenvalue weighted by atomic mass is 16.1. The molecule has 0 aliphatic heterocycles. The lowest BCUT2D eigenvalue weighted by molar-refractivity contribution is -0.122. The third-order valence-corrected chi connectivity index (χ3v) is 3.92. The molecule has 0 aromatic heterocycles. The van der Waals surface area contributed by atoms with Gasteiger partial charge in [-0.15, -0.1) is 0 Å². The van der Waals surface area contributed by atoms with Crippen LogP contribution in [-0.2, 0) is 4.79 Å². The lowest BCUT2D eigenvalue weighted by Crippen LogP contribution is -2.29. The van der Waals surface area contributed by atoms with E-state index in [0.29, 0.717) is 11.3 Å². The van der Waals surface area contributed by atoms with Crippen LogP contribution in [0.3, 0.4) is 0 Å². The fraction of sp³-hybridized carbons (Fsp3) is 0.929. The maximum absolute atomic E-state index is 11.5. The molecule has 0 bridgehead atoms. The molecule has 1 aliphatic carbocycles. The molecule has 0 aromatic rings. The van der Waals surface area contributed by atoms with E-state index in [1.165, 1.54) is 25.7 Å². The molecule has 1 fully saturated rings. The zero-order valence-corrected chi connectivity index (χ0v) is 11.3. The summed E-state index contributed by atoms with van der Waals surface area (Å²) in [6, 6.07) is 0. The van der Waals surface area contributed by atoms with Crippen LogP contribution < -0.4 is 5.32 Å². The van der Waals surface area contributed by atoms with Crippen LogP contribution in [0, 0.1) is 17.3 Å². The Labute approximate surface area is 100 Å². The summed E-state index contributed by atoms with van der Waals surface area (Å²) in [7, 11) is 0. The second-order valence-corrected chi connectivity index (χ2v) is 6.24. The summed E-state index contributed by atoms with van der Waals surface area (Å²) >= 11 is 0. The third kappa shape index (κ3) is 4.15. The molecular formula is C14H27NO. The molecule has 0 unspecified atom stereocenters. The van der Waals surface area contributed by atoms with Crippen LogP contribution in [0.25, 0.3) is 0 Å². The Kier molecular flexibility index (Phi) is 4.82. The minimum absolute atomic E-state index is 0.238. The number of hydrogen-bond donors (Lipinski definition) is 1. The van der Waals surface area contributed by atoms with Gasteiger partial charge in [-0.3, -0.25) is 4.79 Å². The van der Waals surface area contributed by atoms with Crippen molar-refractivity contribution >= 4 is 5.91 Å². The average molecular weight is 225 g/mol. The van der Waals surface area contributed by atoms with Gasteiger partial charge in [-0.2, -0.15) is 0 Å². The Bertz CT molecular complexity index is 221. The van der Waals surface area contributed by atoms with Crippen molar-refractivity contribution in [2.45, 2.75) is 59.8 Å². The fourth-order valence-corrected chi connectivity index (χ4v) is 2.76.